The monoisotopic (exact) mass is 375 g/mol. The second-order valence-electron chi connectivity index (χ2n) is 8.21. The molecule has 0 radical (unpaired) electrons. The lowest BCUT2D eigenvalue weighted by atomic mass is 9.66. The molecule has 2 aliphatic rings. The number of unbranched alkanes of at least 4 members (excludes halogenated alkanes) is 1. The lowest BCUT2D eigenvalue weighted by molar-refractivity contribution is -0.937. The fourth-order valence-electron chi connectivity index (χ4n) is 5.09. The van der Waals surface area contributed by atoms with Crippen LogP contribution in [-0.2, 0) is 4.79 Å². The number of fused-ring (bicyclic) bond motifs is 1. The number of methoxy groups -OCH3 is 1. The first-order valence-corrected chi connectivity index (χ1v) is 10.6. The highest BCUT2D eigenvalue weighted by molar-refractivity contribution is 5.76. The van der Waals surface area contributed by atoms with E-state index in [-0.39, 0.29) is 17.9 Å². The van der Waals surface area contributed by atoms with E-state index in [1.807, 2.05) is 18.2 Å². The number of ether oxygens (including phenoxy) is 1. The molecule has 27 heavy (non-hydrogen) atoms. The highest BCUT2D eigenvalue weighted by Crippen LogP contribution is 2.45. The molecular weight excluding hydrogens is 340 g/mol. The van der Waals surface area contributed by atoms with Crippen LogP contribution in [0.25, 0.3) is 0 Å². The SMILES string of the molecule is CCCCNC(=O)C[NH+]1CC[C@]2(O)CCCC[C@@H]2[C@@H]1c1ccccc1OC. The van der Waals surface area contributed by atoms with Gasteiger partial charge >= 0.3 is 0 Å². The van der Waals surface area contributed by atoms with Crippen LogP contribution < -0.4 is 15.0 Å². The van der Waals surface area contributed by atoms with Crippen LogP contribution >= 0.6 is 0 Å². The normalized spacial score (nSPS) is 30.4. The van der Waals surface area contributed by atoms with Crippen LogP contribution in [0.1, 0.15) is 63.5 Å². The Labute approximate surface area is 163 Å². The van der Waals surface area contributed by atoms with Crippen molar-refractivity contribution in [2.24, 2.45) is 5.92 Å². The van der Waals surface area contributed by atoms with Crippen LogP contribution in [0.3, 0.4) is 0 Å². The summed E-state index contributed by atoms with van der Waals surface area (Å²) in [6.45, 7) is 4.15. The maximum atomic E-state index is 12.5. The standard InChI is InChI=1S/C22H34N2O3/c1-3-4-14-23-20(25)16-24-15-13-22(26)12-8-7-10-18(22)21(24)17-9-5-6-11-19(17)27-2/h5-6,9,11,18,21,26H,3-4,7-8,10,12-16H2,1-2H3,(H,23,25)/p+1/t18-,21+,22-/m1/s1. The lowest BCUT2D eigenvalue weighted by Gasteiger charge is -2.50. The second-order valence-corrected chi connectivity index (χ2v) is 8.21. The predicted molar refractivity (Wildman–Crippen MR) is 106 cm³/mol. The number of piperidine rings is 1. The van der Waals surface area contributed by atoms with Crippen molar-refractivity contribution in [2.45, 2.75) is 63.5 Å². The Hall–Kier alpha value is -1.59. The third-order valence-corrected chi connectivity index (χ3v) is 6.50. The summed E-state index contributed by atoms with van der Waals surface area (Å²) in [6, 6.07) is 8.21. The van der Waals surface area contributed by atoms with Gasteiger partial charge in [-0.15, -0.1) is 0 Å². The first kappa shape index (κ1) is 20.2. The molecule has 1 saturated carbocycles. The summed E-state index contributed by atoms with van der Waals surface area (Å²) in [4.78, 5) is 13.8. The molecule has 0 spiro atoms. The molecule has 1 heterocycles. The number of quaternary nitrogens is 1. The molecule has 1 aliphatic carbocycles. The molecule has 4 atom stereocenters. The maximum absolute atomic E-state index is 12.5. The zero-order chi connectivity index (χ0) is 19.3. The largest absolute Gasteiger partial charge is 0.496 e. The van der Waals surface area contributed by atoms with E-state index in [0.717, 1.165) is 69.3 Å². The van der Waals surface area contributed by atoms with Crippen molar-refractivity contribution in [3.63, 3.8) is 0 Å². The Bertz CT molecular complexity index is 636. The number of hydrogen-bond donors (Lipinski definition) is 3. The number of para-hydroxylation sites is 1. The van der Waals surface area contributed by atoms with Crippen LogP contribution in [-0.4, -0.2) is 43.4 Å². The molecule has 1 saturated heterocycles. The van der Waals surface area contributed by atoms with Gasteiger partial charge in [0.2, 0.25) is 0 Å². The molecule has 1 unspecified atom stereocenters. The smallest absolute Gasteiger partial charge is 0.275 e. The number of nitrogens with one attached hydrogen (secondary N) is 2. The van der Waals surface area contributed by atoms with Crippen molar-refractivity contribution >= 4 is 5.91 Å². The molecule has 3 N–H and O–H groups in total. The quantitative estimate of drug-likeness (QED) is 0.638. The van der Waals surface area contributed by atoms with Crippen LogP contribution in [0.4, 0.5) is 0 Å². The van der Waals surface area contributed by atoms with E-state index in [9.17, 15) is 9.90 Å². The Kier molecular flexibility index (Phi) is 6.77. The zero-order valence-corrected chi connectivity index (χ0v) is 16.8. The average Bonchev–Trinajstić information content (AvgIpc) is 2.68. The fraction of sp³-hybridized carbons (Fsp3) is 0.682. The lowest BCUT2D eigenvalue weighted by Crippen LogP contribution is -3.16. The van der Waals surface area contributed by atoms with Crippen molar-refractivity contribution < 1.29 is 19.5 Å². The summed E-state index contributed by atoms with van der Waals surface area (Å²) in [7, 11) is 1.70. The summed E-state index contributed by atoms with van der Waals surface area (Å²) < 4.78 is 5.65. The number of carbonyl (C=O) groups excluding carboxylic acids is 1. The first-order valence-electron chi connectivity index (χ1n) is 10.6. The van der Waals surface area contributed by atoms with Gasteiger partial charge in [-0.3, -0.25) is 4.79 Å². The van der Waals surface area contributed by atoms with E-state index >= 15 is 0 Å². The van der Waals surface area contributed by atoms with E-state index in [0.29, 0.717) is 6.54 Å². The van der Waals surface area contributed by atoms with Gasteiger partial charge in [-0.25, -0.2) is 0 Å². The second kappa shape index (κ2) is 9.07. The molecule has 1 aliphatic heterocycles. The molecular formula is C22H35N2O3+. The Balaban J connectivity index is 1.86. The van der Waals surface area contributed by atoms with Gasteiger partial charge < -0.3 is 20.1 Å². The minimum absolute atomic E-state index is 0.0946. The minimum Gasteiger partial charge on any atom is -0.496 e. The van der Waals surface area contributed by atoms with E-state index < -0.39 is 5.60 Å². The summed E-state index contributed by atoms with van der Waals surface area (Å²) in [5, 5.41) is 14.4. The summed E-state index contributed by atoms with van der Waals surface area (Å²) in [6.07, 6.45) is 7.00. The maximum Gasteiger partial charge on any atom is 0.275 e. The van der Waals surface area contributed by atoms with Crippen LogP contribution in [0.2, 0.25) is 0 Å². The van der Waals surface area contributed by atoms with Crippen molar-refractivity contribution in [1.29, 1.82) is 0 Å². The Morgan fingerprint density at radius 1 is 1.33 bits per heavy atom. The van der Waals surface area contributed by atoms with Gasteiger partial charge in [0.15, 0.2) is 6.54 Å². The number of rotatable bonds is 7. The van der Waals surface area contributed by atoms with Crippen molar-refractivity contribution in [1.82, 2.24) is 5.32 Å². The minimum atomic E-state index is -0.605. The molecule has 0 aromatic heterocycles. The summed E-state index contributed by atoms with van der Waals surface area (Å²) in [5.74, 6) is 1.15. The van der Waals surface area contributed by atoms with E-state index in [4.69, 9.17) is 4.74 Å². The molecule has 1 amide bonds. The zero-order valence-electron chi connectivity index (χ0n) is 16.8. The number of amides is 1. The number of hydrogen-bond acceptors (Lipinski definition) is 3. The third kappa shape index (κ3) is 4.46. The van der Waals surface area contributed by atoms with Crippen molar-refractivity contribution in [2.75, 3.05) is 26.7 Å². The highest BCUT2D eigenvalue weighted by Gasteiger charge is 2.52. The van der Waals surface area contributed by atoms with Crippen molar-refractivity contribution in [3.05, 3.63) is 29.8 Å². The molecule has 5 nitrogen and oxygen atoms in total. The topological polar surface area (TPSA) is 63.0 Å². The van der Waals surface area contributed by atoms with Crippen LogP contribution in [0, 0.1) is 5.92 Å². The van der Waals surface area contributed by atoms with Crippen molar-refractivity contribution in [3.8, 4) is 5.75 Å². The highest BCUT2D eigenvalue weighted by atomic mass is 16.5. The summed E-state index contributed by atoms with van der Waals surface area (Å²) in [5.41, 5.74) is 0.521. The van der Waals surface area contributed by atoms with Gasteiger partial charge in [0.25, 0.3) is 5.91 Å². The Morgan fingerprint density at radius 2 is 2.15 bits per heavy atom. The molecule has 150 valence electrons. The van der Waals surface area contributed by atoms with Gasteiger partial charge in [0.05, 0.1) is 24.8 Å². The van der Waals surface area contributed by atoms with Gasteiger partial charge in [-0.2, -0.15) is 0 Å². The van der Waals surface area contributed by atoms with Crippen LogP contribution in [0.5, 0.6) is 5.75 Å². The van der Waals surface area contributed by atoms with Crippen LogP contribution in [0.15, 0.2) is 24.3 Å². The summed E-state index contributed by atoms with van der Waals surface area (Å²) >= 11 is 0. The van der Waals surface area contributed by atoms with Gasteiger partial charge in [0, 0.05) is 18.9 Å². The predicted octanol–water partition coefficient (Wildman–Crippen LogP) is 1.86. The van der Waals surface area contributed by atoms with E-state index in [2.05, 4.69) is 18.3 Å². The molecule has 0 bridgehead atoms. The van der Waals surface area contributed by atoms with E-state index in [1.165, 1.54) is 4.90 Å². The number of carbonyl (C=O) groups is 1. The van der Waals surface area contributed by atoms with Gasteiger partial charge in [-0.05, 0) is 31.4 Å². The third-order valence-electron chi connectivity index (χ3n) is 6.50. The number of aliphatic hydroxyl groups is 1. The molecule has 1 aromatic carbocycles. The molecule has 1 aromatic rings. The number of benzene rings is 1. The first-order chi connectivity index (χ1) is 13.1. The van der Waals surface area contributed by atoms with Gasteiger partial charge in [0.1, 0.15) is 11.8 Å². The fourth-order valence-corrected chi connectivity index (χ4v) is 5.09. The number of likely N-dealkylation sites (tertiary alicyclic amines) is 1. The van der Waals surface area contributed by atoms with E-state index in [1.54, 1.807) is 7.11 Å². The average molecular weight is 376 g/mol. The molecule has 5 heteroatoms. The van der Waals surface area contributed by atoms with Gasteiger partial charge in [-0.1, -0.05) is 38.3 Å². The molecule has 3 rings (SSSR count). The molecule has 2 fully saturated rings. The Morgan fingerprint density at radius 3 is 2.93 bits per heavy atom.